The summed E-state index contributed by atoms with van der Waals surface area (Å²) in [4.78, 5) is 7.88. The number of nitrogens with zero attached hydrogens (tertiary/aromatic N) is 1. The molecule has 9 heteroatoms. The van der Waals surface area contributed by atoms with Crippen LogP contribution in [-0.4, -0.2) is 15.5 Å². The molecule has 0 fully saturated rings. The summed E-state index contributed by atoms with van der Waals surface area (Å²) < 4.78 is 39.1. The van der Waals surface area contributed by atoms with E-state index in [1.165, 1.54) is 17.4 Å². The van der Waals surface area contributed by atoms with E-state index in [9.17, 15) is 13.2 Å². The van der Waals surface area contributed by atoms with Gasteiger partial charge in [0.2, 0.25) is 0 Å². The van der Waals surface area contributed by atoms with Gasteiger partial charge in [0.25, 0.3) is 0 Å². The fourth-order valence-corrected chi connectivity index (χ4v) is 4.16. The van der Waals surface area contributed by atoms with Crippen LogP contribution in [0.2, 0.25) is 5.02 Å². The number of benzene rings is 2. The second-order valence-electron chi connectivity index (χ2n) is 5.63. The molecule has 4 rings (SSSR count). The van der Waals surface area contributed by atoms with E-state index < -0.39 is 5.51 Å². The minimum Gasteiger partial charge on any atom is -0.360 e. The molecule has 0 aliphatic rings. The van der Waals surface area contributed by atoms with E-state index in [2.05, 4.69) is 14.7 Å². The Bertz CT molecular complexity index is 1100. The van der Waals surface area contributed by atoms with Crippen LogP contribution in [-0.2, 0) is 0 Å². The third-order valence-corrected chi connectivity index (χ3v) is 5.61. The molecule has 0 saturated carbocycles. The lowest BCUT2D eigenvalue weighted by molar-refractivity contribution is -0.0323. The average molecular weight is 426 g/mol. The van der Waals surface area contributed by atoms with Crippen molar-refractivity contribution in [2.24, 2.45) is 0 Å². The lowest BCUT2D eigenvalue weighted by Gasteiger charge is -2.09. The Hall–Kier alpha value is -2.16. The molecule has 0 amide bonds. The molecule has 2 heterocycles. The molecular formula is C18H11ClF3N3S2. The van der Waals surface area contributed by atoms with Gasteiger partial charge in [-0.3, -0.25) is 0 Å². The SMILES string of the molecule is FC(F)(F)SNc1ccc(-c2csc(-c3c[nH]c4ccccc34)n2)c(Cl)c1. The molecule has 0 saturated heterocycles. The third kappa shape index (κ3) is 3.92. The number of para-hydroxylation sites is 1. The Balaban J connectivity index is 1.61. The summed E-state index contributed by atoms with van der Waals surface area (Å²) in [5.41, 5.74) is -0.716. The summed E-state index contributed by atoms with van der Waals surface area (Å²) in [6, 6.07) is 12.6. The summed E-state index contributed by atoms with van der Waals surface area (Å²) in [7, 11) is 0. The van der Waals surface area contributed by atoms with E-state index >= 15 is 0 Å². The number of rotatable bonds is 4. The maximum atomic E-state index is 12.3. The minimum absolute atomic E-state index is 0.276. The van der Waals surface area contributed by atoms with Gasteiger partial charge in [-0.25, -0.2) is 4.98 Å². The van der Waals surface area contributed by atoms with Crippen LogP contribution < -0.4 is 4.72 Å². The number of H-pyrrole nitrogens is 1. The molecule has 0 unspecified atom stereocenters. The first-order valence-corrected chi connectivity index (χ1v) is 9.81. The number of aromatic nitrogens is 2. The number of hydrogen-bond acceptors (Lipinski definition) is 4. The molecule has 4 aromatic rings. The van der Waals surface area contributed by atoms with Crippen molar-refractivity contribution in [3.63, 3.8) is 0 Å². The molecule has 3 nitrogen and oxygen atoms in total. The van der Waals surface area contributed by atoms with E-state index in [0.717, 1.165) is 21.5 Å². The first kappa shape index (κ1) is 18.2. The highest BCUT2D eigenvalue weighted by atomic mass is 35.5. The van der Waals surface area contributed by atoms with Gasteiger partial charge in [-0.05, 0) is 24.3 Å². The quantitative estimate of drug-likeness (QED) is 0.340. The third-order valence-electron chi connectivity index (χ3n) is 3.85. The van der Waals surface area contributed by atoms with Crippen molar-refractivity contribution in [2.45, 2.75) is 5.51 Å². The molecule has 2 aromatic heterocycles. The lowest BCUT2D eigenvalue weighted by atomic mass is 10.1. The second-order valence-corrected chi connectivity index (χ2v) is 7.77. The normalized spacial score (nSPS) is 11.9. The Morgan fingerprint density at radius 2 is 1.93 bits per heavy atom. The highest BCUT2D eigenvalue weighted by Gasteiger charge is 2.29. The summed E-state index contributed by atoms with van der Waals surface area (Å²) in [5.74, 6) is 0. The smallest absolute Gasteiger partial charge is 0.360 e. The summed E-state index contributed by atoms with van der Waals surface area (Å²) >= 11 is 7.43. The van der Waals surface area contributed by atoms with Gasteiger partial charge in [-0.2, -0.15) is 13.2 Å². The molecular weight excluding hydrogens is 415 g/mol. The average Bonchev–Trinajstić information content (AvgIpc) is 3.26. The van der Waals surface area contributed by atoms with Crippen LogP contribution in [0, 0.1) is 0 Å². The fourth-order valence-electron chi connectivity index (χ4n) is 2.67. The van der Waals surface area contributed by atoms with Crippen LogP contribution in [0.3, 0.4) is 0 Å². The van der Waals surface area contributed by atoms with Crippen LogP contribution in [0.1, 0.15) is 0 Å². The standard InChI is InChI=1S/C18H11ClF3N3S2/c19-14-7-10(25-27-18(20,21)22)5-6-12(14)16-9-26-17(24-16)13-8-23-15-4-2-1-3-11(13)15/h1-9,23,25H. The zero-order chi connectivity index (χ0) is 19.0. The highest BCUT2D eigenvalue weighted by molar-refractivity contribution is 8.01. The second kappa shape index (κ2) is 7.10. The van der Waals surface area contributed by atoms with Crippen molar-refractivity contribution < 1.29 is 13.2 Å². The molecule has 0 spiro atoms. The zero-order valence-electron chi connectivity index (χ0n) is 13.5. The van der Waals surface area contributed by atoms with E-state index in [4.69, 9.17) is 11.6 Å². The molecule has 0 aliphatic heterocycles. The first-order valence-electron chi connectivity index (χ1n) is 7.73. The van der Waals surface area contributed by atoms with Crippen LogP contribution >= 0.6 is 34.9 Å². The number of fused-ring (bicyclic) bond motifs is 1. The van der Waals surface area contributed by atoms with Crippen molar-refractivity contribution in [1.29, 1.82) is 0 Å². The van der Waals surface area contributed by atoms with Gasteiger partial charge in [0.15, 0.2) is 0 Å². The van der Waals surface area contributed by atoms with Crippen molar-refractivity contribution in [3.05, 3.63) is 59.1 Å². The number of nitrogens with one attached hydrogen (secondary N) is 2. The predicted molar refractivity (Wildman–Crippen MR) is 107 cm³/mol. The van der Waals surface area contributed by atoms with E-state index in [1.807, 2.05) is 35.8 Å². The van der Waals surface area contributed by atoms with Gasteiger partial charge in [-0.15, -0.1) is 11.3 Å². The zero-order valence-corrected chi connectivity index (χ0v) is 15.9. The number of halogens is 4. The Morgan fingerprint density at radius 3 is 2.70 bits per heavy atom. The summed E-state index contributed by atoms with van der Waals surface area (Å²) in [6.45, 7) is 0. The lowest BCUT2D eigenvalue weighted by Crippen LogP contribution is -2.04. The highest BCUT2D eigenvalue weighted by Crippen LogP contribution is 2.37. The molecule has 2 N–H and O–H groups in total. The fraction of sp³-hybridized carbons (Fsp3) is 0.0556. The monoisotopic (exact) mass is 425 g/mol. The number of aromatic amines is 1. The Labute approximate surface area is 165 Å². The largest absolute Gasteiger partial charge is 0.461 e. The van der Waals surface area contributed by atoms with Crippen molar-refractivity contribution in [3.8, 4) is 21.8 Å². The summed E-state index contributed by atoms with van der Waals surface area (Å²) in [6.07, 6.45) is 1.91. The number of hydrogen-bond donors (Lipinski definition) is 2. The molecule has 138 valence electrons. The maximum Gasteiger partial charge on any atom is 0.461 e. The van der Waals surface area contributed by atoms with E-state index in [0.29, 0.717) is 16.3 Å². The van der Waals surface area contributed by atoms with Crippen LogP contribution in [0.4, 0.5) is 18.9 Å². The van der Waals surface area contributed by atoms with Crippen molar-refractivity contribution >= 4 is 51.5 Å². The van der Waals surface area contributed by atoms with Gasteiger partial charge in [0.05, 0.1) is 22.7 Å². The van der Waals surface area contributed by atoms with Gasteiger partial charge >= 0.3 is 5.51 Å². The minimum atomic E-state index is -4.37. The molecule has 0 radical (unpaired) electrons. The van der Waals surface area contributed by atoms with Gasteiger partial charge in [-0.1, -0.05) is 29.8 Å². The van der Waals surface area contributed by atoms with Gasteiger partial charge in [0.1, 0.15) is 5.01 Å². The van der Waals surface area contributed by atoms with E-state index in [1.54, 1.807) is 12.1 Å². The Morgan fingerprint density at radius 1 is 1.11 bits per heavy atom. The van der Waals surface area contributed by atoms with Gasteiger partial charge < -0.3 is 9.71 Å². The van der Waals surface area contributed by atoms with Crippen LogP contribution in [0.15, 0.2) is 54.0 Å². The Kier molecular flexibility index (Phi) is 4.79. The molecule has 27 heavy (non-hydrogen) atoms. The predicted octanol–water partition coefficient (Wildman–Crippen LogP) is 7.19. The van der Waals surface area contributed by atoms with E-state index in [-0.39, 0.29) is 17.6 Å². The molecule has 2 aromatic carbocycles. The molecule has 0 bridgehead atoms. The molecule has 0 aliphatic carbocycles. The maximum absolute atomic E-state index is 12.3. The number of alkyl halides is 3. The van der Waals surface area contributed by atoms with Crippen LogP contribution in [0.5, 0.6) is 0 Å². The number of anilines is 1. The molecule has 0 atom stereocenters. The topological polar surface area (TPSA) is 40.7 Å². The van der Waals surface area contributed by atoms with Gasteiger partial charge in [0, 0.05) is 39.3 Å². The first-order chi connectivity index (χ1) is 12.9. The number of thiazole rings is 1. The van der Waals surface area contributed by atoms with Crippen LogP contribution in [0.25, 0.3) is 32.7 Å². The summed E-state index contributed by atoms with van der Waals surface area (Å²) in [5, 5.41) is 4.13. The van der Waals surface area contributed by atoms with Crippen molar-refractivity contribution in [1.82, 2.24) is 9.97 Å². The van der Waals surface area contributed by atoms with Crippen molar-refractivity contribution in [2.75, 3.05) is 4.72 Å².